The normalized spacial score (nSPS) is 12.4. The van der Waals surface area contributed by atoms with Crippen LogP contribution in [0, 0.1) is 17.4 Å². The summed E-state index contributed by atoms with van der Waals surface area (Å²) >= 11 is 6.09. The van der Waals surface area contributed by atoms with Gasteiger partial charge in [-0.05, 0) is 89.9 Å². The minimum Gasteiger partial charge on any atom is -0.310 e. The summed E-state index contributed by atoms with van der Waals surface area (Å²) in [5.74, 6) is 0. The van der Waals surface area contributed by atoms with E-state index in [0.29, 0.717) is 6.04 Å². The van der Waals surface area contributed by atoms with Gasteiger partial charge in [0.2, 0.25) is 0 Å². The van der Waals surface area contributed by atoms with E-state index in [4.69, 9.17) is 0 Å². The monoisotopic (exact) mass is 457 g/mol. The summed E-state index contributed by atoms with van der Waals surface area (Å²) in [4.78, 5) is 0. The molecule has 1 unspecified atom stereocenters. The maximum Gasteiger partial charge on any atom is 0.0372 e. The Morgan fingerprint density at radius 3 is 2.43 bits per heavy atom. The van der Waals surface area contributed by atoms with Gasteiger partial charge in [0, 0.05) is 14.1 Å². The first-order chi connectivity index (χ1) is 10.0. The number of rotatable bonds is 5. The highest BCUT2D eigenvalue weighted by atomic mass is 127. The molecule has 0 saturated heterocycles. The van der Waals surface area contributed by atoms with E-state index in [2.05, 4.69) is 101 Å². The molecule has 0 radical (unpaired) electrons. The first-order valence-corrected chi connectivity index (χ1v) is 9.13. The van der Waals surface area contributed by atoms with Gasteiger partial charge in [0.1, 0.15) is 0 Å². The molecule has 2 rings (SSSR count). The molecule has 1 atom stereocenters. The van der Waals surface area contributed by atoms with Crippen molar-refractivity contribution in [2.24, 2.45) is 0 Å². The standard InChI is InChI=1S/C18H21BrIN/c1-4-21-18(16-10-14(20)8-9-17(16)19)11-15-12(2)6-5-7-13(15)3/h5-10,18,21H,4,11H2,1-3H3. The lowest BCUT2D eigenvalue weighted by Gasteiger charge is -2.22. The van der Waals surface area contributed by atoms with E-state index in [-0.39, 0.29) is 0 Å². The summed E-state index contributed by atoms with van der Waals surface area (Å²) in [6.45, 7) is 7.54. The van der Waals surface area contributed by atoms with Crippen molar-refractivity contribution in [2.75, 3.05) is 6.54 Å². The fourth-order valence-electron chi connectivity index (χ4n) is 2.70. The SMILES string of the molecule is CCNC(Cc1c(C)cccc1C)c1cc(I)ccc1Br. The molecule has 0 heterocycles. The minimum atomic E-state index is 0.332. The van der Waals surface area contributed by atoms with E-state index in [9.17, 15) is 0 Å². The van der Waals surface area contributed by atoms with Crippen LogP contribution in [0.25, 0.3) is 0 Å². The molecule has 21 heavy (non-hydrogen) atoms. The average Bonchev–Trinajstić information content (AvgIpc) is 2.44. The Labute approximate surface area is 149 Å². The van der Waals surface area contributed by atoms with Crippen LogP contribution < -0.4 is 5.32 Å². The molecule has 1 N–H and O–H groups in total. The number of benzene rings is 2. The Morgan fingerprint density at radius 1 is 1.14 bits per heavy atom. The number of hydrogen-bond acceptors (Lipinski definition) is 1. The van der Waals surface area contributed by atoms with Gasteiger partial charge in [0.25, 0.3) is 0 Å². The minimum absolute atomic E-state index is 0.332. The van der Waals surface area contributed by atoms with E-state index in [0.717, 1.165) is 13.0 Å². The van der Waals surface area contributed by atoms with E-state index in [1.54, 1.807) is 0 Å². The van der Waals surface area contributed by atoms with Crippen molar-refractivity contribution in [2.45, 2.75) is 33.2 Å². The van der Waals surface area contributed by atoms with Crippen molar-refractivity contribution in [1.29, 1.82) is 0 Å². The van der Waals surface area contributed by atoms with Crippen LogP contribution in [0.2, 0.25) is 0 Å². The van der Waals surface area contributed by atoms with E-state index in [1.165, 1.54) is 30.3 Å². The highest BCUT2D eigenvalue weighted by Gasteiger charge is 2.16. The second-order valence-corrected chi connectivity index (χ2v) is 7.45. The fraction of sp³-hybridized carbons (Fsp3) is 0.333. The molecule has 112 valence electrons. The third kappa shape index (κ3) is 4.30. The molecule has 0 aliphatic carbocycles. The van der Waals surface area contributed by atoms with Crippen LogP contribution in [0.1, 0.15) is 35.2 Å². The molecule has 2 aromatic carbocycles. The average molecular weight is 458 g/mol. The van der Waals surface area contributed by atoms with Crippen LogP contribution >= 0.6 is 38.5 Å². The van der Waals surface area contributed by atoms with Crippen LogP contribution in [0.3, 0.4) is 0 Å². The quantitative estimate of drug-likeness (QED) is 0.579. The Hall–Kier alpha value is -0.390. The Balaban J connectivity index is 2.38. The summed E-state index contributed by atoms with van der Waals surface area (Å²) in [5, 5.41) is 3.64. The molecular formula is C18H21BrIN. The van der Waals surface area contributed by atoms with Crippen LogP contribution in [0.15, 0.2) is 40.9 Å². The zero-order valence-corrected chi connectivity index (χ0v) is 16.5. The van der Waals surface area contributed by atoms with Gasteiger partial charge < -0.3 is 5.32 Å². The van der Waals surface area contributed by atoms with Crippen molar-refractivity contribution in [1.82, 2.24) is 5.32 Å². The lowest BCUT2D eigenvalue weighted by molar-refractivity contribution is 0.545. The summed E-state index contributed by atoms with van der Waals surface area (Å²) in [5.41, 5.74) is 5.54. The number of aryl methyl sites for hydroxylation is 2. The van der Waals surface area contributed by atoms with E-state index < -0.39 is 0 Å². The lowest BCUT2D eigenvalue weighted by Crippen LogP contribution is -2.24. The Kier molecular flexibility index (Phi) is 6.26. The fourth-order valence-corrected chi connectivity index (χ4v) is 3.73. The molecular weight excluding hydrogens is 437 g/mol. The van der Waals surface area contributed by atoms with E-state index in [1.807, 2.05) is 0 Å². The smallest absolute Gasteiger partial charge is 0.0372 e. The van der Waals surface area contributed by atoms with Crippen molar-refractivity contribution in [3.8, 4) is 0 Å². The van der Waals surface area contributed by atoms with Gasteiger partial charge in [0.15, 0.2) is 0 Å². The second-order valence-electron chi connectivity index (χ2n) is 5.35. The predicted octanol–water partition coefficient (Wildman–Crippen LogP) is 5.56. The molecule has 0 aliphatic rings. The van der Waals surface area contributed by atoms with Gasteiger partial charge in [-0.3, -0.25) is 0 Å². The molecule has 0 fully saturated rings. The predicted molar refractivity (Wildman–Crippen MR) is 103 cm³/mol. The lowest BCUT2D eigenvalue weighted by atomic mass is 9.93. The maximum absolute atomic E-state index is 3.71. The largest absolute Gasteiger partial charge is 0.310 e. The Morgan fingerprint density at radius 2 is 1.81 bits per heavy atom. The molecule has 0 spiro atoms. The van der Waals surface area contributed by atoms with Crippen LogP contribution in [-0.4, -0.2) is 6.54 Å². The van der Waals surface area contributed by atoms with Crippen LogP contribution in [-0.2, 0) is 6.42 Å². The van der Waals surface area contributed by atoms with Gasteiger partial charge >= 0.3 is 0 Å². The molecule has 0 saturated carbocycles. The molecule has 0 aliphatic heterocycles. The zero-order chi connectivity index (χ0) is 15.4. The van der Waals surface area contributed by atoms with E-state index >= 15 is 0 Å². The van der Waals surface area contributed by atoms with Gasteiger partial charge in [-0.1, -0.05) is 41.1 Å². The highest BCUT2D eigenvalue weighted by Crippen LogP contribution is 2.29. The number of likely N-dealkylation sites (N-methyl/N-ethyl adjacent to an activating group) is 1. The number of halogens is 2. The molecule has 1 nitrogen and oxygen atoms in total. The summed E-state index contributed by atoms with van der Waals surface area (Å²) < 4.78 is 2.45. The van der Waals surface area contributed by atoms with Crippen LogP contribution in [0.5, 0.6) is 0 Å². The zero-order valence-electron chi connectivity index (χ0n) is 12.7. The Bertz CT molecular complexity index is 604. The first-order valence-electron chi connectivity index (χ1n) is 7.26. The van der Waals surface area contributed by atoms with Crippen molar-refractivity contribution < 1.29 is 0 Å². The van der Waals surface area contributed by atoms with Crippen molar-refractivity contribution >= 4 is 38.5 Å². The molecule has 2 aromatic rings. The third-order valence-electron chi connectivity index (χ3n) is 3.84. The van der Waals surface area contributed by atoms with Gasteiger partial charge in [-0.15, -0.1) is 0 Å². The molecule has 3 heteroatoms. The second kappa shape index (κ2) is 7.75. The van der Waals surface area contributed by atoms with Gasteiger partial charge in [-0.2, -0.15) is 0 Å². The highest BCUT2D eigenvalue weighted by molar-refractivity contribution is 14.1. The first kappa shape index (κ1) is 17.0. The maximum atomic E-state index is 3.71. The number of hydrogen-bond donors (Lipinski definition) is 1. The van der Waals surface area contributed by atoms with Crippen molar-refractivity contribution in [3.63, 3.8) is 0 Å². The van der Waals surface area contributed by atoms with Crippen LogP contribution in [0.4, 0.5) is 0 Å². The third-order valence-corrected chi connectivity index (χ3v) is 5.23. The number of nitrogens with one attached hydrogen (secondary N) is 1. The van der Waals surface area contributed by atoms with Gasteiger partial charge in [0.05, 0.1) is 0 Å². The van der Waals surface area contributed by atoms with Gasteiger partial charge in [-0.25, -0.2) is 0 Å². The summed E-state index contributed by atoms with van der Waals surface area (Å²) in [6, 6.07) is 13.4. The molecule has 0 bridgehead atoms. The summed E-state index contributed by atoms with van der Waals surface area (Å²) in [6.07, 6.45) is 1.02. The molecule has 0 aromatic heterocycles. The summed E-state index contributed by atoms with van der Waals surface area (Å²) in [7, 11) is 0. The topological polar surface area (TPSA) is 12.0 Å². The van der Waals surface area contributed by atoms with Crippen molar-refractivity contribution in [3.05, 3.63) is 66.7 Å². The molecule has 0 amide bonds.